The van der Waals surface area contributed by atoms with Crippen LogP contribution in [0.25, 0.3) is 0 Å². The smallest absolute Gasteiger partial charge is 0.256 e. The van der Waals surface area contributed by atoms with Gasteiger partial charge in [0.05, 0.1) is 5.56 Å². The van der Waals surface area contributed by atoms with Gasteiger partial charge in [-0.1, -0.05) is 0 Å². The molecule has 3 heterocycles. The van der Waals surface area contributed by atoms with Crippen LogP contribution in [-0.2, 0) is 4.74 Å². The minimum absolute atomic E-state index is 0.363. The number of anilines is 1. The molecule has 96 valence electrons. The van der Waals surface area contributed by atoms with Crippen molar-refractivity contribution in [3.63, 3.8) is 0 Å². The summed E-state index contributed by atoms with van der Waals surface area (Å²) in [4.78, 5) is 17.8. The summed E-state index contributed by atoms with van der Waals surface area (Å²) < 4.78 is 5.39. The summed E-state index contributed by atoms with van der Waals surface area (Å²) in [7, 11) is 0. The molecule has 1 aromatic rings. The standard InChI is InChI=1S/C13H15ClN2O2/c14-11(17)10-2-1-5-15-12(10)16-8-13(9-16)3-6-18-7-4-13/h1-2,5H,3-4,6-9H2. The van der Waals surface area contributed by atoms with Crippen molar-refractivity contribution in [1.82, 2.24) is 4.98 Å². The largest absolute Gasteiger partial charge is 0.381 e. The Morgan fingerprint density at radius 2 is 2.11 bits per heavy atom. The Hall–Kier alpha value is -1.13. The van der Waals surface area contributed by atoms with Gasteiger partial charge < -0.3 is 9.64 Å². The number of hydrogen-bond donors (Lipinski definition) is 0. The van der Waals surface area contributed by atoms with Crippen molar-refractivity contribution in [3.05, 3.63) is 23.9 Å². The van der Waals surface area contributed by atoms with Crippen LogP contribution in [0.3, 0.4) is 0 Å². The maximum Gasteiger partial charge on any atom is 0.256 e. The van der Waals surface area contributed by atoms with E-state index in [1.54, 1.807) is 18.3 Å². The van der Waals surface area contributed by atoms with Gasteiger partial charge in [0.25, 0.3) is 5.24 Å². The second-order valence-corrected chi connectivity index (χ2v) is 5.46. The number of rotatable bonds is 2. The van der Waals surface area contributed by atoms with Gasteiger partial charge in [-0.25, -0.2) is 4.98 Å². The van der Waals surface area contributed by atoms with Crippen LogP contribution in [0, 0.1) is 5.41 Å². The zero-order valence-electron chi connectivity index (χ0n) is 10.1. The Labute approximate surface area is 111 Å². The van der Waals surface area contributed by atoms with Crippen LogP contribution in [0.4, 0.5) is 5.82 Å². The second-order valence-electron chi connectivity index (χ2n) is 5.12. The molecule has 0 saturated carbocycles. The third-order valence-electron chi connectivity index (χ3n) is 3.90. The summed E-state index contributed by atoms with van der Waals surface area (Å²) in [5, 5.41) is -0.439. The maximum atomic E-state index is 11.4. The number of pyridine rings is 1. The molecule has 0 atom stereocenters. The van der Waals surface area contributed by atoms with Gasteiger partial charge in [0.15, 0.2) is 0 Å². The van der Waals surface area contributed by atoms with Crippen LogP contribution in [0.5, 0.6) is 0 Å². The number of halogens is 1. The van der Waals surface area contributed by atoms with Crippen molar-refractivity contribution >= 4 is 22.7 Å². The summed E-state index contributed by atoms with van der Waals surface area (Å²) in [6.07, 6.45) is 3.90. The molecule has 1 spiro atoms. The van der Waals surface area contributed by atoms with E-state index in [0.717, 1.165) is 45.0 Å². The van der Waals surface area contributed by atoms with E-state index in [0.29, 0.717) is 11.0 Å². The summed E-state index contributed by atoms with van der Waals surface area (Å²) in [5.41, 5.74) is 0.864. The highest BCUT2D eigenvalue weighted by Crippen LogP contribution is 2.42. The van der Waals surface area contributed by atoms with Gasteiger partial charge in [0.1, 0.15) is 5.82 Å². The van der Waals surface area contributed by atoms with Gasteiger partial charge in [0.2, 0.25) is 0 Å². The fraction of sp³-hybridized carbons (Fsp3) is 0.538. The van der Waals surface area contributed by atoms with Crippen molar-refractivity contribution in [2.75, 3.05) is 31.2 Å². The molecule has 2 saturated heterocycles. The predicted octanol–water partition coefficient (Wildman–Crippen LogP) is 2.08. The summed E-state index contributed by atoms with van der Waals surface area (Å²) in [6.45, 7) is 3.59. The predicted molar refractivity (Wildman–Crippen MR) is 69.1 cm³/mol. The van der Waals surface area contributed by atoms with Gasteiger partial charge in [-0.3, -0.25) is 4.79 Å². The fourth-order valence-corrected chi connectivity index (χ4v) is 2.98. The molecular formula is C13H15ClN2O2. The third-order valence-corrected chi connectivity index (χ3v) is 4.11. The lowest BCUT2D eigenvalue weighted by Gasteiger charge is -2.53. The van der Waals surface area contributed by atoms with Gasteiger partial charge in [-0.15, -0.1) is 0 Å². The van der Waals surface area contributed by atoms with E-state index in [9.17, 15) is 4.79 Å². The minimum atomic E-state index is -0.439. The highest BCUT2D eigenvalue weighted by atomic mass is 35.5. The molecular weight excluding hydrogens is 252 g/mol. The summed E-state index contributed by atoms with van der Waals surface area (Å²) in [6, 6.07) is 3.47. The number of hydrogen-bond acceptors (Lipinski definition) is 4. The molecule has 1 aromatic heterocycles. The third kappa shape index (κ3) is 1.99. The van der Waals surface area contributed by atoms with E-state index < -0.39 is 5.24 Å². The molecule has 0 radical (unpaired) electrons. The van der Waals surface area contributed by atoms with E-state index >= 15 is 0 Å². The number of aromatic nitrogens is 1. The molecule has 4 nitrogen and oxygen atoms in total. The monoisotopic (exact) mass is 266 g/mol. The molecule has 2 fully saturated rings. The normalized spacial score (nSPS) is 21.7. The Morgan fingerprint density at radius 1 is 1.39 bits per heavy atom. The Balaban J connectivity index is 1.76. The van der Waals surface area contributed by atoms with E-state index in [1.807, 2.05) is 0 Å². The van der Waals surface area contributed by atoms with Gasteiger partial charge in [0, 0.05) is 37.9 Å². The Bertz CT molecular complexity index is 464. The lowest BCUT2D eigenvalue weighted by atomic mass is 9.73. The van der Waals surface area contributed by atoms with E-state index in [-0.39, 0.29) is 0 Å². The van der Waals surface area contributed by atoms with Crippen LogP contribution in [-0.4, -0.2) is 36.5 Å². The Morgan fingerprint density at radius 3 is 2.78 bits per heavy atom. The first kappa shape index (κ1) is 11.9. The van der Waals surface area contributed by atoms with Gasteiger partial charge in [-0.2, -0.15) is 0 Å². The zero-order valence-corrected chi connectivity index (χ0v) is 10.8. The van der Waals surface area contributed by atoms with Crippen LogP contribution in [0.2, 0.25) is 0 Å². The van der Waals surface area contributed by atoms with Crippen molar-refractivity contribution in [3.8, 4) is 0 Å². The van der Waals surface area contributed by atoms with Crippen molar-refractivity contribution in [2.24, 2.45) is 5.41 Å². The highest BCUT2D eigenvalue weighted by molar-refractivity contribution is 6.68. The minimum Gasteiger partial charge on any atom is -0.381 e. The molecule has 2 aliphatic rings. The molecule has 2 aliphatic heterocycles. The lowest BCUT2D eigenvalue weighted by molar-refractivity contribution is -0.000500. The van der Waals surface area contributed by atoms with Crippen LogP contribution in [0.15, 0.2) is 18.3 Å². The summed E-state index contributed by atoms with van der Waals surface area (Å²) in [5.74, 6) is 0.717. The number of nitrogens with zero attached hydrogens (tertiary/aromatic N) is 2. The SMILES string of the molecule is O=C(Cl)c1cccnc1N1CC2(CCOCC2)C1. The van der Waals surface area contributed by atoms with Crippen LogP contribution < -0.4 is 4.90 Å². The van der Waals surface area contributed by atoms with Crippen LogP contribution >= 0.6 is 11.6 Å². The second kappa shape index (κ2) is 4.52. The molecule has 3 rings (SSSR count). The van der Waals surface area contributed by atoms with E-state index in [2.05, 4.69) is 9.88 Å². The quantitative estimate of drug-likeness (QED) is 0.769. The van der Waals surface area contributed by atoms with Gasteiger partial charge in [-0.05, 0) is 36.6 Å². The van der Waals surface area contributed by atoms with Crippen molar-refractivity contribution in [2.45, 2.75) is 12.8 Å². The van der Waals surface area contributed by atoms with E-state index in [4.69, 9.17) is 16.3 Å². The first-order chi connectivity index (χ1) is 8.70. The summed E-state index contributed by atoms with van der Waals surface area (Å²) >= 11 is 5.59. The molecule has 18 heavy (non-hydrogen) atoms. The number of ether oxygens (including phenoxy) is 1. The molecule has 5 heteroatoms. The average molecular weight is 267 g/mol. The molecule has 0 aliphatic carbocycles. The lowest BCUT2D eigenvalue weighted by Crippen LogP contribution is -2.59. The highest BCUT2D eigenvalue weighted by Gasteiger charge is 2.45. The first-order valence-corrected chi connectivity index (χ1v) is 6.56. The van der Waals surface area contributed by atoms with Crippen molar-refractivity contribution in [1.29, 1.82) is 0 Å². The molecule has 0 amide bonds. The van der Waals surface area contributed by atoms with E-state index in [1.165, 1.54) is 0 Å². The van der Waals surface area contributed by atoms with Gasteiger partial charge >= 0.3 is 0 Å². The first-order valence-electron chi connectivity index (χ1n) is 6.18. The molecule has 0 bridgehead atoms. The maximum absolute atomic E-state index is 11.4. The number of carbonyl (C=O) groups excluding carboxylic acids is 1. The Kier molecular flexibility index (Phi) is 2.99. The molecule has 0 N–H and O–H groups in total. The fourth-order valence-electron chi connectivity index (χ4n) is 2.84. The molecule has 0 unspecified atom stereocenters. The van der Waals surface area contributed by atoms with Crippen LogP contribution in [0.1, 0.15) is 23.2 Å². The zero-order chi connectivity index (χ0) is 12.6. The topological polar surface area (TPSA) is 42.4 Å². The molecule has 0 aromatic carbocycles. The number of carbonyl (C=O) groups is 1. The average Bonchev–Trinajstić information content (AvgIpc) is 2.37. The van der Waals surface area contributed by atoms with Crippen molar-refractivity contribution < 1.29 is 9.53 Å².